The van der Waals surface area contributed by atoms with Crippen LogP contribution in [-0.2, 0) is 25.6 Å². The Morgan fingerprint density at radius 2 is 1.97 bits per heavy atom. The molecule has 0 radical (unpaired) electrons. The molecule has 1 aliphatic rings. The third-order valence-electron chi connectivity index (χ3n) is 4.84. The minimum absolute atomic E-state index is 0.0217. The molecule has 1 aromatic rings. The van der Waals surface area contributed by atoms with Gasteiger partial charge in [-0.1, -0.05) is 23.7 Å². The highest BCUT2D eigenvalue weighted by molar-refractivity contribution is 6.30. The van der Waals surface area contributed by atoms with Crippen LogP contribution in [0.3, 0.4) is 0 Å². The van der Waals surface area contributed by atoms with E-state index >= 15 is 0 Å². The fourth-order valence-electron chi connectivity index (χ4n) is 3.18. The normalized spacial score (nSPS) is 15.8. The van der Waals surface area contributed by atoms with Gasteiger partial charge in [-0.2, -0.15) is 0 Å². The number of hydrogen-bond donors (Lipinski definition) is 2. The van der Waals surface area contributed by atoms with Gasteiger partial charge < -0.3 is 34.6 Å². The maximum absolute atomic E-state index is 13.4. The zero-order valence-electron chi connectivity index (χ0n) is 19.1. The second-order valence-corrected chi connectivity index (χ2v) is 8.20. The fraction of sp³-hybridized carbons (Fsp3) is 0.545. The van der Waals surface area contributed by atoms with Gasteiger partial charge in [-0.3, -0.25) is 9.59 Å². The molecular weight excluding hydrogens is 436 g/mol. The lowest BCUT2D eigenvalue weighted by Crippen LogP contribution is -2.43. The summed E-state index contributed by atoms with van der Waals surface area (Å²) >= 11 is 6.02. The maximum atomic E-state index is 13.4. The molecule has 2 N–H and O–H groups in total. The molecule has 2 rings (SSSR count). The van der Waals surface area contributed by atoms with Gasteiger partial charge in [-0.15, -0.1) is 0 Å². The van der Waals surface area contributed by atoms with Crippen molar-refractivity contribution in [1.29, 1.82) is 0 Å². The third kappa shape index (κ3) is 7.09. The number of hydrogen-bond acceptors (Lipinski definition) is 7. The molecule has 1 unspecified atom stereocenters. The Morgan fingerprint density at radius 3 is 2.56 bits per heavy atom. The van der Waals surface area contributed by atoms with Crippen LogP contribution < -0.4 is 5.32 Å². The number of rotatable bonds is 13. The Labute approximate surface area is 194 Å². The molecule has 1 aromatic carbocycles. The largest absolute Gasteiger partial charge is 0.396 e. The van der Waals surface area contributed by atoms with E-state index in [1.165, 1.54) is 9.80 Å². The standard InChI is InChI=1S/C22H33ClN4O5/c1-16(2)31-12-13-32-22-24-20(26(4)15-29)19(21(30)25(3)10-5-11-28)27(22)14-17-6-8-18(23)9-7-17/h6-9,15-16,22,24,28H,5,10-14H2,1-4H3. The van der Waals surface area contributed by atoms with Crippen molar-refractivity contribution in [2.75, 3.05) is 40.5 Å². The van der Waals surface area contributed by atoms with Gasteiger partial charge in [0.1, 0.15) is 11.5 Å². The summed E-state index contributed by atoms with van der Waals surface area (Å²) < 4.78 is 11.6. The van der Waals surface area contributed by atoms with Gasteiger partial charge in [0.2, 0.25) is 12.8 Å². The first-order chi connectivity index (χ1) is 15.3. The molecule has 1 atom stereocenters. The molecule has 178 valence electrons. The smallest absolute Gasteiger partial charge is 0.273 e. The predicted molar refractivity (Wildman–Crippen MR) is 121 cm³/mol. The van der Waals surface area contributed by atoms with Crippen LogP contribution in [-0.4, -0.2) is 85.0 Å². The molecule has 1 aliphatic heterocycles. The van der Waals surface area contributed by atoms with Crippen LogP contribution in [0.25, 0.3) is 0 Å². The minimum Gasteiger partial charge on any atom is -0.396 e. The lowest BCUT2D eigenvalue weighted by Gasteiger charge is -2.30. The Hall–Kier alpha value is -2.33. The SMILES string of the molecule is CC(C)OCCOC1NC(N(C)C=O)=C(C(=O)N(C)CCCO)N1Cc1ccc(Cl)cc1. The number of ether oxygens (including phenoxy) is 2. The van der Waals surface area contributed by atoms with E-state index in [0.717, 1.165) is 5.56 Å². The van der Waals surface area contributed by atoms with Gasteiger partial charge in [0.15, 0.2) is 0 Å². The van der Waals surface area contributed by atoms with Crippen LogP contribution in [0.2, 0.25) is 5.02 Å². The number of amides is 2. The summed E-state index contributed by atoms with van der Waals surface area (Å²) in [6, 6.07) is 7.31. The van der Waals surface area contributed by atoms with E-state index in [2.05, 4.69) is 5.32 Å². The monoisotopic (exact) mass is 468 g/mol. The summed E-state index contributed by atoms with van der Waals surface area (Å²) in [5.74, 6) is 0.0673. The average Bonchev–Trinajstić information content (AvgIpc) is 3.13. The molecule has 0 aliphatic carbocycles. The average molecular weight is 469 g/mol. The van der Waals surface area contributed by atoms with Crippen molar-refractivity contribution in [3.63, 3.8) is 0 Å². The molecule has 0 aromatic heterocycles. The van der Waals surface area contributed by atoms with Crippen LogP contribution in [0.1, 0.15) is 25.8 Å². The van der Waals surface area contributed by atoms with Crippen molar-refractivity contribution >= 4 is 23.9 Å². The van der Waals surface area contributed by atoms with Crippen LogP contribution in [0.4, 0.5) is 0 Å². The summed E-state index contributed by atoms with van der Waals surface area (Å²) in [7, 11) is 3.23. The topological polar surface area (TPSA) is 94.6 Å². The molecule has 0 fully saturated rings. The van der Waals surface area contributed by atoms with Crippen molar-refractivity contribution in [2.24, 2.45) is 0 Å². The second kappa shape index (κ2) is 12.6. The zero-order chi connectivity index (χ0) is 23.7. The van der Waals surface area contributed by atoms with Crippen molar-refractivity contribution in [1.82, 2.24) is 20.0 Å². The fourth-order valence-corrected chi connectivity index (χ4v) is 3.30. The summed E-state index contributed by atoms with van der Waals surface area (Å²) in [6.07, 6.45) is 0.482. The van der Waals surface area contributed by atoms with Gasteiger partial charge >= 0.3 is 0 Å². The number of likely N-dealkylation sites (N-methyl/N-ethyl adjacent to an activating group) is 1. The Kier molecular flexibility index (Phi) is 10.2. The summed E-state index contributed by atoms with van der Waals surface area (Å²) in [5.41, 5.74) is 1.23. The molecule has 0 saturated carbocycles. The van der Waals surface area contributed by atoms with Crippen LogP contribution in [0, 0.1) is 0 Å². The van der Waals surface area contributed by atoms with E-state index in [1.54, 1.807) is 31.1 Å². The molecule has 0 bridgehead atoms. The van der Waals surface area contributed by atoms with E-state index in [9.17, 15) is 9.59 Å². The van der Waals surface area contributed by atoms with Gasteiger partial charge in [0, 0.05) is 38.8 Å². The predicted octanol–water partition coefficient (Wildman–Crippen LogP) is 1.57. The number of carbonyl (C=O) groups excluding carboxylic acids is 2. The van der Waals surface area contributed by atoms with Crippen LogP contribution in [0.15, 0.2) is 35.8 Å². The maximum Gasteiger partial charge on any atom is 0.273 e. The summed E-state index contributed by atoms with van der Waals surface area (Å²) in [5, 5.41) is 12.9. The van der Waals surface area contributed by atoms with Crippen molar-refractivity contribution in [2.45, 2.75) is 39.3 Å². The molecule has 2 amide bonds. The quantitative estimate of drug-likeness (QED) is 0.335. The summed E-state index contributed by atoms with van der Waals surface area (Å²) in [6.45, 7) is 5.28. The highest BCUT2D eigenvalue weighted by Gasteiger charge is 2.38. The molecule has 9 nitrogen and oxygen atoms in total. The molecule has 32 heavy (non-hydrogen) atoms. The number of aliphatic hydroxyl groups is 1. The minimum atomic E-state index is -0.677. The molecule has 10 heteroatoms. The van der Waals surface area contributed by atoms with E-state index in [-0.39, 0.29) is 18.6 Å². The zero-order valence-corrected chi connectivity index (χ0v) is 19.8. The number of carbonyl (C=O) groups is 2. The Balaban J connectivity index is 2.34. The summed E-state index contributed by atoms with van der Waals surface area (Å²) in [4.78, 5) is 29.5. The molecule has 0 saturated heterocycles. The molecule has 0 spiro atoms. The number of benzene rings is 1. The Bertz CT molecular complexity index is 787. The number of nitrogens with one attached hydrogen (secondary N) is 1. The highest BCUT2D eigenvalue weighted by atomic mass is 35.5. The van der Waals surface area contributed by atoms with Crippen molar-refractivity contribution < 1.29 is 24.2 Å². The first-order valence-electron chi connectivity index (χ1n) is 10.6. The third-order valence-corrected chi connectivity index (χ3v) is 5.09. The van der Waals surface area contributed by atoms with Crippen LogP contribution >= 0.6 is 11.6 Å². The number of halogens is 1. The van der Waals surface area contributed by atoms with E-state index in [1.807, 2.05) is 26.0 Å². The van der Waals surface area contributed by atoms with Gasteiger partial charge in [-0.25, -0.2) is 0 Å². The van der Waals surface area contributed by atoms with Gasteiger partial charge in [-0.05, 0) is 38.0 Å². The second-order valence-electron chi connectivity index (χ2n) is 7.76. The van der Waals surface area contributed by atoms with E-state index in [0.29, 0.717) is 55.7 Å². The first-order valence-corrected chi connectivity index (χ1v) is 11.0. The number of nitrogens with zero attached hydrogens (tertiary/aromatic N) is 3. The van der Waals surface area contributed by atoms with Gasteiger partial charge in [0.25, 0.3) is 5.91 Å². The van der Waals surface area contributed by atoms with E-state index in [4.69, 9.17) is 26.2 Å². The first kappa shape index (κ1) is 25.9. The number of aliphatic hydroxyl groups excluding tert-OH is 1. The highest BCUT2D eigenvalue weighted by Crippen LogP contribution is 2.27. The van der Waals surface area contributed by atoms with Crippen molar-refractivity contribution in [3.05, 3.63) is 46.4 Å². The molecule has 1 heterocycles. The Morgan fingerprint density at radius 1 is 1.28 bits per heavy atom. The lowest BCUT2D eigenvalue weighted by molar-refractivity contribution is -0.130. The lowest BCUT2D eigenvalue weighted by atomic mass is 10.2. The van der Waals surface area contributed by atoms with Crippen LogP contribution in [0.5, 0.6) is 0 Å². The van der Waals surface area contributed by atoms with Gasteiger partial charge in [0.05, 0.1) is 19.3 Å². The van der Waals surface area contributed by atoms with Crippen molar-refractivity contribution in [3.8, 4) is 0 Å². The van der Waals surface area contributed by atoms with E-state index < -0.39 is 6.35 Å². The molecular formula is C22H33ClN4O5.